The van der Waals surface area contributed by atoms with Gasteiger partial charge in [0.05, 0.1) is 18.4 Å². The first-order chi connectivity index (χ1) is 21.1. The Hall–Kier alpha value is -4.62. The van der Waals surface area contributed by atoms with Crippen LogP contribution in [0.3, 0.4) is 0 Å². The van der Waals surface area contributed by atoms with E-state index in [1.54, 1.807) is 6.07 Å². The summed E-state index contributed by atoms with van der Waals surface area (Å²) in [7, 11) is 0. The molecule has 0 radical (unpaired) electrons. The Balaban J connectivity index is 1.27. The van der Waals surface area contributed by atoms with Crippen LogP contribution in [-0.4, -0.2) is 34.3 Å². The number of nitrogens with one attached hydrogen (secondary N) is 1. The van der Waals surface area contributed by atoms with Crippen LogP contribution >= 0.6 is 0 Å². The summed E-state index contributed by atoms with van der Waals surface area (Å²) in [5.74, 6) is 0.583. The quantitative estimate of drug-likeness (QED) is 0.110. The Kier molecular flexibility index (Phi) is 10.4. The van der Waals surface area contributed by atoms with Gasteiger partial charge in [0, 0.05) is 30.5 Å². The van der Waals surface area contributed by atoms with Crippen LogP contribution < -0.4 is 15.8 Å². The number of benzene rings is 5. The lowest BCUT2D eigenvalue weighted by molar-refractivity contribution is 0.0566. The Morgan fingerprint density at radius 3 is 1.93 bits per heavy atom. The normalized spacial score (nSPS) is 12.5. The zero-order valence-corrected chi connectivity index (χ0v) is 24.2. The summed E-state index contributed by atoms with van der Waals surface area (Å²) in [4.78, 5) is 2.14. The number of hydrogen-bond donors (Lipinski definition) is 4. The molecule has 0 aliphatic carbocycles. The summed E-state index contributed by atoms with van der Waals surface area (Å²) in [5.41, 5.74) is 12.8. The molecule has 0 saturated carbocycles. The molecule has 6 nitrogen and oxygen atoms in total. The van der Waals surface area contributed by atoms with Crippen molar-refractivity contribution in [2.45, 2.75) is 31.7 Å². The molecule has 0 heterocycles. The zero-order valence-electron chi connectivity index (χ0n) is 24.2. The number of ether oxygens (including phenoxy) is 1. The zero-order chi connectivity index (χ0) is 29.9. The van der Waals surface area contributed by atoms with E-state index in [0.717, 1.165) is 28.1 Å². The third-order valence-electron chi connectivity index (χ3n) is 7.51. The van der Waals surface area contributed by atoms with Gasteiger partial charge in [0.1, 0.15) is 12.4 Å². The lowest BCUT2D eigenvalue weighted by atomic mass is 10.0. The van der Waals surface area contributed by atoms with Gasteiger partial charge < -0.3 is 26.0 Å². The lowest BCUT2D eigenvalue weighted by Crippen LogP contribution is -2.41. The molecule has 0 unspecified atom stereocenters. The molecule has 43 heavy (non-hydrogen) atoms. The van der Waals surface area contributed by atoms with Crippen molar-refractivity contribution in [1.29, 1.82) is 0 Å². The topological polar surface area (TPSA) is 91.0 Å². The summed E-state index contributed by atoms with van der Waals surface area (Å²) >= 11 is 0. The van der Waals surface area contributed by atoms with Crippen LogP contribution in [0.1, 0.15) is 28.4 Å². The number of anilines is 3. The molecule has 5 N–H and O–H groups in total. The monoisotopic (exact) mass is 573 g/mol. The second kappa shape index (κ2) is 15.0. The highest BCUT2D eigenvalue weighted by molar-refractivity contribution is 5.59. The van der Waals surface area contributed by atoms with Crippen molar-refractivity contribution in [3.63, 3.8) is 0 Å². The molecule has 6 heteroatoms. The largest absolute Gasteiger partial charge is 0.487 e. The number of nitrogens with zero attached hydrogens (tertiary/aromatic N) is 1. The number of rotatable bonds is 14. The molecule has 0 aromatic heterocycles. The van der Waals surface area contributed by atoms with Crippen LogP contribution in [0.5, 0.6) is 5.75 Å². The SMILES string of the molecule is Nc1cc([C@H](O)CN(Cc2ccccc2)[C@H](CO)Cc2ccc(Nc3ccccc3)cc2)ccc1OCc1ccccc1. The van der Waals surface area contributed by atoms with E-state index >= 15 is 0 Å². The molecule has 0 aliphatic rings. The van der Waals surface area contributed by atoms with Crippen molar-refractivity contribution in [3.05, 3.63) is 156 Å². The van der Waals surface area contributed by atoms with Gasteiger partial charge in [-0.15, -0.1) is 0 Å². The molecule has 220 valence electrons. The van der Waals surface area contributed by atoms with E-state index in [9.17, 15) is 10.2 Å². The molecule has 0 bridgehead atoms. The molecular weight excluding hydrogens is 534 g/mol. The standard InChI is InChI=1S/C37H39N3O3/c38-35-23-31(18-21-37(35)43-27-30-12-6-2-7-13-30)36(42)25-40(24-29-10-4-1-5-11-29)34(26-41)22-28-16-19-33(20-17-28)39-32-14-8-3-9-15-32/h1-21,23,34,36,39,41-42H,22,24-27,38H2/t34-,36+/m0/s1. The van der Waals surface area contributed by atoms with Gasteiger partial charge in [-0.2, -0.15) is 0 Å². The predicted octanol–water partition coefficient (Wildman–Crippen LogP) is 6.73. The van der Waals surface area contributed by atoms with Gasteiger partial charge in [-0.3, -0.25) is 4.90 Å². The fourth-order valence-corrected chi connectivity index (χ4v) is 5.12. The Morgan fingerprint density at radius 1 is 0.698 bits per heavy atom. The highest BCUT2D eigenvalue weighted by Gasteiger charge is 2.23. The van der Waals surface area contributed by atoms with Gasteiger partial charge in [-0.05, 0) is 65.1 Å². The van der Waals surface area contributed by atoms with E-state index in [2.05, 4.69) is 46.6 Å². The highest BCUT2D eigenvalue weighted by Crippen LogP contribution is 2.28. The van der Waals surface area contributed by atoms with Crippen molar-refractivity contribution >= 4 is 17.1 Å². The predicted molar refractivity (Wildman–Crippen MR) is 174 cm³/mol. The fourth-order valence-electron chi connectivity index (χ4n) is 5.12. The number of aliphatic hydroxyl groups excluding tert-OH is 2. The van der Waals surface area contributed by atoms with E-state index in [-0.39, 0.29) is 12.6 Å². The second-order valence-corrected chi connectivity index (χ2v) is 10.7. The summed E-state index contributed by atoms with van der Waals surface area (Å²) in [5, 5.41) is 25.3. The molecule has 0 aliphatic heterocycles. The van der Waals surface area contributed by atoms with E-state index in [4.69, 9.17) is 10.5 Å². The number of para-hydroxylation sites is 1. The second-order valence-electron chi connectivity index (χ2n) is 10.7. The van der Waals surface area contributed by atoms with Crippen LogP contribution in [0.25, 0.3) is 0 Å². The van der Waals surface area contributed by atoms with Crippen LogP contribution in [0, 0.1) is 0 Å². The molecule has 5 aromatic rings. The molecule has 5 rings (SSSR count). The number of hydrogen-bond acceptors (Lipinski definition) is 6. The van der Waals surface area contributed by atoms with Crippen molar-refractivity contribution < 1.29 is 14.9 Å². The first-order valence-electron chi connectivity index (χ1n) is 14.6. The van der Waals surface area contributed by atoms with E-state index < -0.39 is 6.10 Å². The van der Waals surface area contributed by atoms with Crippen molar-refractivity contribution in [2.24, 2.45) is 0 Å². The summed E-state index contributed by atoms with van der Waals surface area (Å²) in [6.07, 6.45) is -0.170. The van der Waals surface area contributed by atoms with Gasteiger partial charge in [0.15, 0.2) is 0 Å². The van der Waals surface area contributed by atoms with Crippen molar-refractivity contribution in [1.82, 2.24) is 4.90 Å². The van der Waals surface area contributed by atoms with Gasteiger partial charge in [-0.1, -0.05) is 97.1 Å². The Bertz CT molecular complexity index is 1530. The minimum atomic E-state index is -0.805. The Morgan fingerprint density at radius 2 is 1.30 bits per heavy atom. The molecular formula is C37H39N3O3. The fraction of sp³-hybridized carbons (Fsp3) is 0.189. The summed E-state index contributed by atoms with van der Waals surface area (Å²) in [6.45, 7) is 1.29. The summed E-state index contributed by atoms with van der Waals surface area (Å²) in [6, 6.07) is 43.6. The number of aliphatic hydroxyl groups is 2. The van der Waals surface area contributed by atoms with Gasteiger partial charge in [0.25, 0.3) is 0 Å². The highest BCUT2D eigenvalue weighted by atomic mass is 16.5. The smallest absolute Gasteiger partial charge is 0.142 e. The van der Waals surface area contributed by atoms with Gasteiger partial charge >= 0.3 is 0 Å². The molecule has 5 aromatic carbocycles. The molecule has 2 atom stereocenters. The average Bonchev–Trinajstić information content (AvgIpc) is 3.05. The number of nitrogen functional groups attached to an aromatic ring is 1. The maximum Gasteiger partial charge on any atom is 0.142 e. The van der Waals surface area contributed by atoms with Crippen molar-refractivity contribution in [2.75, 3.05) is 24.2 Å². The Labute approximate surface area is 254 Å². The number of nitrogens with two attached hydrogens (primary N) is 1. The van der Waals surface area contributed by atoms with E-state index in [1.807, 2.05) is 91.0 Å². The molecule has 0 amide bonds. The molecule has 0 fully saturated rings. The minimum Gasteiger partial charge on any atom is -0.487 e. The molecule has 0 spiro atoms. The van der Waals surface area contributed by atoms with Gasteiger partial charge in [0.2, 0.25) is 0 Å². The third kappa shape index (κ3) is 8.69. The first-order valence-corrected chi connectivity index (χ1v) is 14.6. The average molecular weight is 574 g/mol. The third-order valence-corrected chi connectivity index (χ3v) is 7.51. The maximum atomic E-state index is 11.4. The van der Waals surface area contributed by atoms with E-state index in [1.165, 1.54) is 0 Å². The minimum absolute atomic E-state index is 0.0437. The first kappa shape index (κ1) is 29.9. The van der Waals surface area contributed by atoms with Crippen LogP contribution in [0.15, 0.2) is 133 Å². The lowest BCUT2D eigenvalue weighted by Gasteiger charge is -2.33. The van der Waals surface area contributed by atoms with Gasteiger partial charge in [-0.25, -0.2) is 0 Å². The maximum absolute atomic E-state index is 11.4. The summed E-state index contributed by atoms with van der Waals surface area (Å²) < 4.78 is 5.93. The van der Waals surface area contributed by atoms with Crippen LogP contribution in [0.2, 0.25) is 0 Å². The molecule has 0 saturated heterocycles. The van der Waals surface area contributed by atoms with Crippen molar-refractivity contribution in [3.8, 4) is 5.75 Å². The van der Waals surface area contributed by atoms with Crippen LogP contribution in [-0.2, 0) is 19.6 Å². The van der Waals surface area contributed by atoms with E-state index in [0.29, 0.717) is 43.1 Å². The van der Waals surface area contributed by atoms with Crippen LogP contribution in [0.4, 0.5) is 17.1 Å².